The SMILES string of the molecule is CC1CCC(CN)(N(C)CCN(C)C)CC1C. The lowest BCUT2D eigenvalue weighted by Gasteiger charge is -2.48. The zero-order valence-corrected chi connectivity index (χ0v) is 12.4. The van der Waals surface area contributed by atoms with E-state index in [9.17, 15) is 0 Å². The molecule has 1 saturated carbocycles. The lowest BCUT2D eigenvalue weighted by atomic mass is 9.70. The molecule has 1 rings (SSSR count). The molecule has 0 aromatic heterocycles. The third kappa shape index (κ3) is 3.67. The summed E-state index contributed by atoms with van der Waals surface area (Å²) in [5.74, 6) is 1.66. The van der Waals surface area contributed by atoms with Gasteiger partial charge in [0.2, 0.25) is 0 Å². The van der Waals surface area contributed by atoms with Gasteiger partial charge in [0.15, 0.2) is 0 Å². The standard InChI is InChI=1S/C14H31N3/c1-12-6-7-14(11-15,10-13(12)2)17(5)9-8-16(3)4/h12-13H,6-11,15H2,1-5H3. The number of likely N-dealkylation sites (N-methyl/N-ethyl adjacent to an activating group) is 2. The molecule has 0 heterocycles. The van der Waals surface area contributed by atoms with Crippen LogP contribution >= 0.6 is 0 Å². The summed E-state index contributed by atoms with van der Waals surface area (Å²) in [7, 11) is 6.52. The van der Waals surface area contributed by atoms with E-state index in [1.54, 1.807) is 0 Å². The van der Waals surface area contributed by atoms with Crippen molar-refractivity contribution in [3.8, 4) is 0 Å². The van der Waals surface area contributed by atoms with Crippen LogP contribution in [0.2, 0.25) is 0 Å². The fourth-order valence-corrected chi connectivity index (χ4v) is 2.96. The largest absolute Gasteiger partial charge is 0.329 e. The van der Waals surface area contributed by atoms with Crippen LogP contribution in [0.25, 0.3) is 0 Å². The molecule has 1 aliphatic rings. The second kappa shape index (κ2) is 6.17. The molecule has 0 aliphatic heterocycles. The molecular formula is C14H31N3. The molecular weight excluding hydrogens is 210 g/mol. The minimum absolute atomic E-state index is 0.252. The fourth-order valence-electron chi connectivity index (χ4n) is 2.96. The summed E-state index contributed by atoms with van der Waals surface area (Å²) in [5.41, 5.74) is 6.35. The van der Waals surface area contributed by atoms with Gasteiger partial charge in [-0.05, 0) is 52.2 Å². The predicted molar refractivity (Wildman–Crippen MR) is 75.1 cm³/mol. The van der Waals surface area contributed by atoms with Crippen LogP contribution in [0.15, 0.2) is 0 Å². The van der Waals surface area contributed by atoms with E-state index in [-0.39, 0.29) is 5.54 Å². The Kier molecular flexibility index (Phi) is 5.42. The van der Waals surface area contributed by atoms with Crippen LogP contribution in [0.3, 0.4) is 0 Å². The maximum absolute atomic E-state index is 6.10. The van der Waals surface area contributed by atoms with E-state index in [0.29, 0.717) is 0 Å². The Morgan fingerprint density at radius 2 is 1.76 bits per heavy atom. The van der Waals surface area contributed by atoms with E-state index in [0.717, 1.165) is 31.5 Å². The molecule has 3 unspecified atom stereocenters. The first-order valence-corrected chi connectivity index (χ1v) is 6.97. The molecule has 1 fully saturated rings. The second-order valence-electron chi connectivity index (χ2n) is 6.35. The highest BCUT2D eigenvalue weighted by Gasteiger charge is 2.39. The van der Waals surface area contributed by atoms with E-state index >= 15 is 0 Å². The van der Waals surface area contributed by atoms with E-state index in [4.69, 9.17) is 5.73 Å². The molecule has 3 heteroatoms. The molecule has 1 aliphatic carbocycles. The normalized spacial score (nSPS) is 34.6. The first kappa shape index (κ1) is 14.9. The van der Waals surface area contributed by atoms with Crippen LogP contribution in [0.4, 0.5) is 0 Å². The van der Waals surface area contributed by atoms with Crippen LogP contribution in [0.1, 0.15) is 33.1 Å². The van der Waals surface area contributed by atoms with Crippen LogP contribution in [-0.4, -0.2) is 56.1 Å². The lowest BCUT2D eigenvalue weighted by molar-refractivity contribution is 0.0367. The highest BCUT2D eigenvalue weighted by molar-refractivity contribution is 4.96. The minimum Gasteiger partial charge on any atom is -0.329 e. The minimum atomic E-state index is 0.252. The van der Waals surface area contributed by atoms with Crippen molar-refractivity contribution in [3.63, 3.8) is 0 Å². The summed E-state index contributed by atoms with van der Waals surface area (Å²) in [5, 5.41) is 0. The summed E-state index contributed by atoms with van der Waals surface area (Å²) in [4.78, 5) is 4.75. The van der Waals surface area contributed by atoms with Crippen molar-refractivity contribution >= 4 is 0 Å². The monoisotopic (exact) mass is 241 g/mol. The Hall–Kier alpha value is -0.120. The van der Waals surface area contributed by atoms with Gasteiger partial charge in [0.1, 0.15) is 0 Å². The molecule has 0 aromatic carbocycles. The van der Waals surface area contributed by atoms with Gasteiger partial charge in [-0.2, -0.15) is 0 Å². The zero-order chi connectivity index (χ0) is 13.1. The Labute approximate surface area is 107 Å². The third-order valence-electron chi connectivity index (χ3n) is 4.81. The molecule has 2 N–H and O–H groups in total. The van der Waals surface area contributed by atoms with E-state index in [1.165, 1.54) is 19.3 Å². The molecule has 0 amide bonds. The van der Waals surface area contributed by atoms with Gasteiger partial charge in [0.25, 0.3) is 0 Å². The second-order valence-corrected chi connectivity index (χ2v) is 6.35. The van der Waals surface area contributed by atoms with Gasteiger partial charge in [-0.1, -0.05) is 13.8 Å². The maximum Gasteiger partial charge on any atom is 0.0331 e. The average Bonchev–Trinajstić information content (AvgIpc) is 2.29. The van der Waals surface area contributed by atoms with Crippen LogP contribution in [0.5, 0.6) is 0 Å². The topological polar surface area (TPSA) is 32.5 Å². The van der Waals surface area contributed by atoms with Gasteiger partial charge in [-0.15, -0.1) is 0 Å². The predicted octanol–water partition coefficient (Wildman–Crippen LogP) is 1.63. The van der Waals surface area contributed by atoms with Gasteiger partial charge in [-0.25, -0.2) is 0 Å². The molecule has 0 spiro atoms. The van der Waals surface area contributed by atoms with Crippen molar-refractivity contribution in [1.29, 1.82) is 0 Å². The molecule has 0 bridgehead atoms. The van der Waals surface area contributed by atoms with Gasteiger partial charge in [-0.3, -0.25) is 4.90 Å². The molecule has 17 heavy (non-hydrogen) atoms. The summed E-state index contributed by atoms with van der Waals surface area (Å²) >= 11 is 0. The van der Waals surface area contributed by atoms with Crippen molar-refractivity contribution in [2.24, 2.45) is 17.6 Å². The molecule has 0 saturated heterocycles. The average molecular weight is 241 g/mol. The smallest absolute Gasteiger partial charge is 0.0331 e. The van der Waals surface area contributed by atoms with Crippen LogP contribution < -0.4 is 5.73 Å². The van der Waals surface area contributed by atoms with Crippen LogP contribution in [0, 0.1) is 11.8 Å². The highest BCUT2D eigenvalue weighted by Crippen LogP contribution is 2.38. The Balaban J connectivity index is 2.61. The number of rotatable bonds is 5. The maximum atomic E-state index is 6.10. The van der Waals surface area contributed by atoms with Crippen molar-refractivity contribution in [2.45, 2.75) is 38.6 Å². The molecule has 102 valence electrons. The zero-order valence-electron chi connectivity index (χ0n) is 12.4. The summed E-state index contributed by atoms with van der Waals surface area (Å²) < 4.78 is 0. The van der Waals surface area contributed by atoms with Gasteiger partial charge < -0.3 is 10.6 Å². The molecule has 0 aromatic rings. The van der Waals surface area contributed by atoms with Crippen LogP contribution in [-0.2, 0) is 0 Å². The Bertz CT molecular complexity index is 230. The molecule has 3 nitrogen and oxygen atoms in total. The van der Waals surface area contributed by atoms with Crippen molar-refractivity contribution < 1.29 is 0 Å². The molecule has 3 atom stereocenters. The van der Waals surface area contributed by atoms with E-state index < -0.39 is 0 Å². The first-order valence-electron chi connectivity index (χ1n) is 6.97. The van der Waals surface area contributed by atoms with Gasteiger partial charge in [0, 0.05) is 25.2 Å². The Morgan fingerprint density at radius 3 is 2.24 bits per heavy atom. The van der Waals surface area contributed by atoms with E-state index in [1.807, 2.05) is 0 Å². The lowest BCUT2D eigenvalue weighted by Crippen LogP contribution is -2.56. The highest BCUT2D eigenvalue weighted by atomic mass is 15.2. The fraction of sp³-hybridized carbons (Fsp3) is 1.00. The van der Waals surface area contributed by atoms with Gasteiger partial charge >= 0.3 is 0 Å². The first-order chi connectivity index (χ1) is 7.91. The third-order valence-corrected chi connectivity index (χ3v) is 4.81. The number of hydrogen-bond donors (Lipinski definition) is 1. The van der Waals surface area contributed by atoms with Crippen molar-refractivity contribution in [3.05, 3.63) is 0 Å². The summed E-state index contributed by atoms with van der Waals surface area (Å²) in [6.45, 7) is 7.79. The number of nitrogens with zero attached hydrogens (tertiary/aromatic N) is 2. The summed E-state index contributed by atoms with van der Waals surface area (Å²) in [6, 6.07) is 0. The van der Waals surface area contributed by atoms with Crippen molar-refractivity contribution in [1.82, 2.24) is 9.80 Å². The number of hydrogen-bond acceptors (Lipinski definition) is 3. The van der Waals surface area contributed by atoms with E-state index in [2.05, 4.69) is 44.8 Å². The molecule has 0 radical (unpaired) electrons. The summed E-state index contributed by atoms with van der Waals surface area (Å²) in [6.07, 6.45) is 3.85. The van der Waals surface area contributed by atoms with Gasteiger partial charge in [0.05, 0.1) is 0 Å². The number of nitrogens with two attached hydrogens (primary N) is 1. The Morgan fingerprint density at radius 1 is 1.12 bits per heavy atom. The quantitative estimate of drug-likeness (QED) is 0.794. The van der Waals surface area contributed by atoms with Crippen molar-refractivity contribution in [2.75, 3.05) is 40.8 Å².